The molecule has 4 rings (SSSR count). The van der Waals surface area contributed by atoms with Gasteiger partial charge < -0.3 is 18.9 Å². The van der Waals surface area contributed by atoms with E-state index in [1.54, 1.807) is 0 Å². The van der Waals surface area contributed by atoms with Gasteiger partial charge >= 0.3 is 6.16 Å². The van der Waals surface area contributed by atoms with E-state index >= 15 is 0 Å². The van der Waals surface area contributed by atoms with E-state index in [0.717, 1.165) is 25.7 Å². The van der Waals surface area contributed by atoms with Crippen molar-refractivity contribution in [3.8, 4) is 5.75 Å². The van der Waals surface area contributed by atoms with Gasteiger partial charge in [-0.25, -0.2) is 4.79 Å². The largest absolute Gasteiger partial charge is 0.514 e. The third kappa shape index (κ3) is 3.19. The van der Waals surface area contributed by atoms with Crippen molar-refractivity contribution in [2.75, 3.05) is 6.61 Å². The van der Waals surface area contributed by atoms with Gasteiger partial charge in [-0.05, 0) is 37.8 Å². The third-order valence-corrected chi connectivity index (χ3v) is 5.22. The fourth-order valence-electron chi connectivity index (χ4n) is 4.14. The number of hydrogen-bond acceptors (Lipinski definition) is 7. The molecule has 3 fully saturated rings. The summed E-state index contributed by atoms with van der Waals surface area (Å²) >= 11 is 0. The van der Waals surface area contributed by atoms with E-state index in [1.165, 1.54) is 24.3 Å². The number of hydrogen-bond donors (Lipinski definition) is 0. The molecular formula is C17H19NO7. The third-order valence-electron chi connectivity index (χ3n) is 5.22. The lowest BCUT2D eigenvalue weighted by Gasteiger charge is -2.33. The fourth-order valence-corrected chi connectivity index (χ4v) is 4.14. The Morgan fingerprint density at radius 1 is 1.20 bits per heavy atom. The lowest BCUT2D eigenvalue weighted by Crippen LogP contribution is -2.40. The van der Waals surface area contributed by atoms with Crippen molar-refractivity contribution in [1.82, 2.24) is 0 Å². The quantitative estimate of drug-likeness (QED) is 0.358. The number of carbonyl (C=O) groups excluding carboxylic acids is 1. The van der Waals surface area contributed by atoms with E-state index in [4.69, 9.17) is 18.9 Å². The van der Waals surface area contributed by atoms with Gasteiger partial charge in [0, 0.05) is 24.0 Å². The van der Waals surface area contributed by atoms with Crippen molar-refractivity contribution in [2.45, 2.75) is 44.2 Å². The average molecular weight is 349 g/mol. The van der Waals surface area contributed by atoms with Gasteiger partial charge in [0.25, 0.3) is 5.69 Å². The first-order valence-electron chi connectivity index (χ1n) is 8.52. The first kappa shape index (κ1) is 16.3. The van der Waals surface area contributed by atoms with Crippen LogP contribution in [-0.4, -0.2) is 36.2 Å². The number of rotatable bonds is 3. The molecule has 1 aromatic carbocycles. The molecule has 134 valence electrons. The predicted octanol–water partition coefficient (Wildman–Crippen LogP) is 3.04. The first-order chi connectivity index (χ1) is 12.1. The zero-order valence-electron chi connectivity index (χ0n) is 13.5. The monoisotopic (exact) mass is 349 g/mol. The summed E-state index contributed by atoms with van der Waals surface area (Å²) in [5.74, 6) is 0.626. The van der Waals surface area contributed by atoms with Gasteiger partial charge in [0.2, 0.25) is 0 Å². The highest BCUT2D eigenvalue weighted by Gasteiger charge is 2.53. The topological polar surface area (TPSA) is 97.1 Å². The van der Waals surface area contributed by atoms with E-state index in [9.17, 15) is 14.9 Å². The van der Waals surface area contributed by atoms with Crippen LogP contribution in [0.3, 0.4) is 0 Å². The number of carbonyl (C=O) groups is 1. The Kier molecular flexibility index (Phi) is 4.30. The van der Waals surface area contributed by atoms with Crippen LogP contribution in [0, 0.1) is 22.0 Å². The van der Waals surface area contributed by atoms with E-state index in [-0.39, 0.29) is 41.8 Å². The Morgan fingerprint density at radius 2 is 2.00 bits per heavy atom. The molecule has 1 aromatic rings. The molecule has 0 N–H and O–H groups in total. The highest BCUT2D eigenvalue weighted by molar-refractivity contribution is 5.64. The molecule has 1 aliphatic carbocycles. The van der Waals surface area contributed by atoms with Gasteiger partial charge in [0.05, 0.1) is 17.6 Å². The normalized spacial score (nSPS) is 33.4. The Bertz CT molecular complexity index is 661. The highest BCUT2D eigenvalue weighted by atomic mass is 16.7. The van der Waals surface area contributed by atoms with Gasteiger partial charge in [0.15, 0.2) is 6.29 Å². The highest BCUT2D eigenvalue weighted by Crippen LogP contribution is 2.47. The summed E-state index contributed by atoms with van der Waals surface area (Å²) in [5, 5.41) is 10.6. The van der Waals surface area contributed by atoms with Crippen molar-refractivity contribution >= 4 is 11.8 Å². The van der Waals surface area contributed by atoms with E-state index in [1.807, 2.05) is 0 Å². The Hall–Kier alpha value is -2.19. The lowest BCUT2D eigenvalue weighted by molar-refractivity contribution is -0.384. The van der Waals surface area contributed by atoms with Gasteiger partial charge in [-0.3, -0.25) is 10.1 Å². The lowest BCUT2D eigenvalue weighted by atomic mass is 9.77. The number of benzene rings is 1. The number of ether oxygens (including phenoxy) is 4. The number of nitrogens with zero attached hydrogens (tertiary/aromatic N) is 1. The Morgan fingerprint density at radius 3 is 2.76 bits per heavy atom. The molecule has 3 aliphatic rings. The second kappa shape index (κ2) is 6.61. The van der Waals surface area contributed by atoms with Crippen LogP contribution >= 0.6 is 0 Å². The molecule has 8 nitrogen and oxygen atoms in total. The van der Waals surface area contributed by atoms with Crippen LogP contribution < -0.4 is 4.74 Å². The van der Waals surface area contributed by atoms with Gasteiger partial charge in [0.1, 0.15) is 11.9 Å². The minimum Gasteiger partial charge on any atom is -0.430 e. The molecule has 0 aromatic heterocycles. The fraction of sp³-hybridized carbons (Fsp3) is 0.588. The SMILES string of the molecule is O=C(Oc1ccc([N+](=O)[O-])cc1)O[C@@H]1CCC[C@@H]2O[C@H]3OCC[C@H]3[C@@H]21. The van der Waals surface area contributed by atoms with Crippen LogP contribution in [0.1, 0.15) is 25.7 Å². The number of nitro benzene ring substituents is 1. The minimum atomic E-state index is -0.790. The molecule has 0 radical (unpaired) electrons. The van der Waals surface area contributed by atoms with Crippen LogP contribution in [0.15, 0.2) is 24.3 Å². The van der Waals surface area contributed by atoms with Crippen LogP contribution in [0.2, 0.25) is 0 Å². The van der Waals surface area contributed by atoms with E-state index in [2.05, 4.69) is 0 Å². The predicted molar refractivity (Wildman–Crippen MR) is 84.1 cm³/mol. The van der Waals surface area contributed by atoms with Crippen LogP contribution in [0.25, 0.3) is 0 Å². The second-order valence-electron chi connectivity index (χ2n) is 6.63. The van der Waals surface area contributed by atoms with Crippen LogP contribution in [-0.2, 0) is 14.2 Å². The van der Waals surface area contributed by atoms with Gasteiger partial charge in [-0.15, -0.1) is 0 Å². The van der Waals surface area contributed by atoms with Crippen molar-refractivity contribution in [3.05, 3.63) is 34.4 Å². The summed E-state index contributed by atoms with van der Waals surface area (Å²) in [6, 6.07) is 5.32. The molecule has 25 heavy (non-hydrogen) atoms. The molecule has 0 bridgehead atoms. The van der Waals surface area contributed by atoms with Crippen molar-refractivity contribution in [2.24, 2.45) is 11.8 Å². The first-order valence-corrected chi connectivity index (χ1v) is 8.52. The molecule has 0 unspecified atom stereocenters. The molecule has 8 heteroatoms. The molecule has 2 aliphatic heterocycles. The minimum absolute atomic E-state index is 0.0637. The molecule has 2 saturated heterocycles. The Balaban J connectivity index is 1.39. The van der Waals surface area contributed by atoms with E-state index in [0.29, 0.717) is 6.61 Å². The van der Waals surface area contributed by atoms with Gasteiger partial charge in [-0.2, -0.15) is 0 Å². The molecule has 1 saturated carbocycles. The summed E-state index contributed by atoms with van der Waals surface area (Å²) in [7, 11) is 0. The van der Waals surface area contributed by atoms with Crippen molar-refractivity contribution < 1.29 is 28.7 Å². The number of fused-ring (bicyclic) bond motifs is 3. The summed E-state index contributed by atoms with van der Waals surface area (Å²) in [4.78, 5) is 22.3. The second-order valence-corrected chi connectivity index (χ2v) is 6.63. The zero-order chi connectivity index (χ0) is 17.4. The molecule has 0 spiro atoms. The standard InChI is InChI=1S/C17H19NO7/c19-17(23-11-6-4-10(5-7-11)18(20)21)25-14-3-1-2-13-15(14)12-8-9-22-16(12)24-13/h4-7,12-16H,1-3,8-9H2/t12-,13-,14+,15-,16+/m0/s1. The number of nitro groups is 1. The van der Waals surface area contributed by atoms with Crippen molar-refractivity contribution in [1.29, 1.82) is 0 Å². The average Bonchev–Trinajstić information content (AvgIpc) is 3.16. The molecular weight excluding hydrogens is 330 g/mol. The maximum absolute atomic E-state index is 12.1. The maximum Gasteiger partial charge on any atom is 0.514 e. The molecule has 5 atom stereocenters. The zero-order valence-corrected chi connectivity index (χ0v) is 13.5. The maximum atomic E-state index is 12.1. The molecule has 2 heterocycles. The summed E-state index contributed by atoms with van der Waals surface area (Å²) in [5.41, 5.74) is -0.0637. The summed E-state index contributed by atoms with van der Waals surface area (Å²) < 4.78 is 22.3. The molecule has 0 amide bonds. The van der Waals surface area contributed by atoms with Gasteiger partial charge in [-0.1, -0.05) is 0 Å². The summed E-state index contributed by atoms with van der Waals surface area (Å²) in [6.45, 7) is 0.679. The number of non-ortho nitro benzene ring substituents is 1. The Labute approximate surface area is 144 Å². The van der Waals surface area contributed by atoms with Crippen LogP contribution in [0.4, 0.5) is 10.5 Å². The van der Waals surface area contributed by atoms with E-state index < -0.39 is 11.1 Å². The van der Waals surface area contributed by atoms with Crippen LogP contribution in [0.5, 0.6) is 5.75 Å². The smallest absolute Gasteiger partial charge is 0.430 e. The summed E-state index contributed by atoms with van der Waals surface area (Å²) in [6.07, 6.45) is 2.44. The van der Waals surface area contributed by atoms with Crippen molar-refractivity contribution in [3.63, 3.8) is 0 Å².